The minimum Gasteiger partial charge on any atom is -0.384 e. The van der Waals surface area contributed by atoms with Crippen LogP contribution in [0.5, 0.6) is 0 Å². The maximum Gasteiger partial charge on any atom is 0.225 e. The van der Waals surface area contributed by atoms with E-state index >= 15 is 0 Å². The number of hydrogen-bond donors (Lipinski definition) is 0. The number of piperidine rings is 1. The molecule has 0 aromatic rings. The molecule has 2 fully saturated rings. The lowest BCUT2D eigenvalue weighted by Crippen LogP contribution is -2.44. The van der Waals surface area contributed by atoms with Gasteiger partial charge in [0.05, 0.1) is 6.61 Å². The highest BCUT2D eigenvalue weighted by molar-refractivity contribution is 5.79. The van der Waals surface area contributed by atoms with E-state index in [9.17, 15) is 4.79 Å². The zero-order valence-corrected chi connectivity index (χ0v) is 14.0. The molecule has 0 spiro atoms. The number of carbonyl (C=O) groups excluding carboxylic acids is 1. The SMILES string of the molecule is CCCCC1CCC(C(=O)N2CCCC(COC)C2)CC1. The summed E-state index contributed by atoms with van der Waals surface area (Å²) in [5, 5.41) is 0. The van der Waals surface area contributed by atoms with E-state index in [4.69, 9.17) is 4.74 Å². The lowest BCUT2D eigenvalue weighted by atomic mass is 9.79. The summed E-state index contributed by atoms with van der Waals surface area (Å²) in [6.07, 6.45) is 11.2. The van der Waals surface area contributed by atoms with E-state index in [2.05, 4.69) is 11.8 Å². The summed E-state index contributed by atoms with van der Waals surface area (Å²) in [4.78, 5) is 14.8. The van der Waals surface area contributed by atoms with Crippen LogP contribution in [0.1, 0.15) is 64.7 Å². The monoisotopic (exact) mass is 295 g/mol. The molecule has 2 aliphatic rings. The van der Waals surface area contributed by atoms with Crippen LogP contribution in [0.3, 0.4) is 0 Å². The molecule has 0 aromatic heterocycles. The molecule has 21 heavy (non-hydrogen) atoms. The summed E-state index contributed by atoms with van der Waals surface area (Å²) in [6, 6.07) is 0. The Morgan fingerprint density at radius 3 is 2.57 bits per heavy atom. The first kappa shape index (κ1) is 16.8. The van der Waals surface area contributed by atoms with Crippen LogP contribution in [-0.4, -0.2) is 37.6 Å². The number of carbonyl (C=O) groups is 1. The Morgan fingerprint density at radius 2 is 1.90 bits per heavy atom. The third-order valence-corrected chi connectivity index (χ3v) is 5.39. The van der Waals surface area contributed by atoms with Crippen molar-refractivity contribution in [2.24, 2.45) is 17.8 Å². The molecule has 3 nitrogen and oxygen atoms in total. The van der Waals surface area contributed by atoms with Gasteiger partial charge in [0.1, 0.15) is 0 Å². The molecule has 1 aliphatic heterocycles. The molecule has 0 aromatic carbocycles. The predicted molar refractivity (Wildman–Crippen MR) is 86.2 cm³/mol. The zero-order chi connectivity index (χ0) is 15.1. The van der Waals surface area contributed by atoms with Crippen molar-refractivity contribution >= 4 is 5.91 Å². The molecule has 122 valence electrons. The summed E-state index contributed by atoms with van der Waals surface area (Å²) in [5.41, 5.74) is 0. The van der Waals surface area contributed by atoms with Crippen molar-refractivity contribution in [3.05, 3.63) is 0 Å². The fourth-order valence-corrected chi connectivity index (χ4v) is 4.09. The fraction of sp³-hybridized carbons (Fsp3) is 0.944. The first-order valence-corrected chi connectivity index (χ1v) is 9.02. The van der Waals surface area contributed by atoms with Crippen molar-refractivity contribution in [1.29, 1.82) is 0 Å². The average Bonchev–Trinajstić information content (AvgIpc) is 2.53. The number of likely N-dealkylation sites (tertiary alicyclic amines) is 1. The highest BCUT2D eigenvalue weighted by atomic mass is 16.5. The van der Waals surface area contributed by atoms with E-state index in [0.29, 0.717) is 17.7 Å². The van der Waals surface area contributed by atoms with Crippen molar-refractivity contribution in [3.8, 4) is 0 Å². The Morgan fingerprint density at radius 1 is 1.14 bits per heavy atom. The van der Waals surface area contributed by atoms with E-state index in [1.807, 2.05) is 0 Å². The van der Waals surface area contributed by atoms with Gasteiger partial charge in [-0.1, -0.05) is 26.2 Å². The number of hydrogen-bond acceptors (Lipinski definition) is 2. The van der Waals surface area contributed by atoms with Gasteiger partial charge in [-0.05, 0) is 50.4 Å². The third kappa shape index (κ3) is 4.98. The van der Waals surface area contributed by atoms with Crippen LogP contribution < -0.4 is 0 Å². The Bertz CT molecular complexity index is 308. The number of unbranched alkanes of at least 4 members (excludes halogenated alkanes) is 1. The normalized spacial score (nSPS) is 30.4. The minimum absolute atomic E-state index is 0.309. The fourth-order valence-electron chi connectivity index (χ4n) is 4.09. The molecule has 1 saturated heterocycles. The quantitative estimate of drug-likeness (QED) is 0.744. The van der Waals surface area contributed by atoms with Gasteiger partial charge in [0.2, 0.25) is 5.91 Å². The first-order valence-electron chi connectivity index (χ1n) is 9.02. The molecule has 0 bridgehead atoms. The average molecular weight is 295 g/mol. The molecule has 1 unspecified atom stereocenters. The Kier molecular flexibility index (Phi) is 7.01. The van der Waals surface area contributed by atoms with Gasteiger partial charge in [-0.3, -0.25) is 4.79 Å². The van der Waals surface area contributed by atoms with Crippen molar-refractivity contribution in [2.45, 2.75) is 64.7 Å². The summed E-state index contributed by atoms with van der Waals surface area (Å²) in [6.45, 7) is 4.95. The van der Waals surface area contributed by atoms with Gasteiger partial charge in [0, 0.05) is 26.1 Å². The van der Waals surface area contributed by atoms with Crippen LogP contribution >= 0.6 is 0 Å². The molecule has 1 atom stereocenters. The van der Waals surface area contributed by atoms with Crippen molar-refractivity contribution in [2.75, 3.05) is 26.8 Å². The third-order valence-electron chi connectivity index (χ3n) is 5.39. The summed E-state index contributed by atoms with van der Waals surface area (Å²) >= 11 is 0. The van der Waals surface area contributed by atoms with Crippen LogP contribution in [0.15, 0.2) is 0 Å². The van der Waals surface area contributed by atoms with Crippen molar-refractivity contribution < 1.29 is 9.53 Å². The van der Waals surface area contributed by atoms with E-state index in [1.54, 1.807) is 7.11 Å². The molecular weight excluding hydrogens is 262 g/mol. The second-order valence-electron chi connectivity index (χ2n) is 7.11. The van der Waals surface area contributed by atoms with E-state index in [-0.39, 0.29) is 0 Å². The Balaban J connectivity index is 1.76. The minimum atomic E-state index is 0.309. The number of nitrogens with zero attached hydrogens (tertiary/aromatic N) is 1. The predicted octanol–water partition coefficient (Wildman–Crippen LogP) is 3.87. The van der Waals surface area contributed by atoms with Crippen LogP contribution in [0.25, 0.3) is 0 Å². The van der Waals surface area contributed by atoms with Crippen LogP contribution in [-0.2, 0) is 9.53 Å². The maximum atomic E-state index is 12.7. The van der Waals surface area contributed by atoms with Crippen LogP contribution in [0.4, 0.5) is 0 Å². The molecule has 0 N–H and O–H groups in total. The van der Waals surface area contributed by atoms with Gasteiger partial charge >= 0.3 is 0 Å². The highest BCUT2D eigenvalue weighted by Gasteiger charge is 2.31. The zero-order valence-electron chi connectivity index (χ0n) is 14.0. The number of amides is 1. The standard InChI is InChI=1S/C18H33NO2/c1-3-4-6-15-8-10-17(11-9-15)18(20)19-12-5-7-16(13-19)14-21-2/h15-17H,3-14H2,1-2H3. The smallest absolute Gasteiger partial charge is 0.225 e. The molecule has 1 amide bonds. The number of methoxy groups -OCH3 is 1. The number of rotatable bonds is 6. The Labute approximate surface area is 130 Å². The Hall–Kier alpha value is -0.570. The maximum absolute atomic E-state index is 12.7. The second kappa shape index (κ2) is 8.77. The lowest BCUT2D eigenvalue weighted by molar-refractivity contribution is -0.139. The summed E-state index contributed by atoms with van der Waals surface area (Å²) < 4.78 is 5.27. The molecule has 3 heteroatoms. The van der Waals surface area contributed by atoms with E-state index in [1.165, 1.54) is 38.5 Å². The molecule has 0 radical (unpaired) electrons. The molecule has 1 heterocycles. The number of ether oxygens (including phenoxy) is 1. The topological polar surface area (TPSA) is 29.5 Å². The lowest BCUT2D eigenvalue weighted by Gasteiger charge is -2.36. The van der Waals surface area contributed by atoms with Gasteiger partial charge in [0.15, 0.2) is 0 Å². The van der Waals surface area contributed by atoms with Gasteiger partial charge < -0.3 is 9.64 Å². The van der Waals surface area contributed by atoms with Crippen molar-refractivity contribution in [1.82, 2.24) is 4.90 Å². The van der Waals surface area contributed by atoms with Gasteiger partial charge in [0.25, 0.3) is 0 Å². The second-order valence-corrected chi connectivity index (χ2v) is 7.11. The molecule has 2 rings (SSSR count). The van der Waals surface area contributed by atoms with Crippen LogP contribution in [0, 0.1) is 17.8 Å². The van der Waals surface area contributed by atoms with Gasteiger partial charge in [-0.2, -0.15) is 0 Å². The molecule has 1 saturated carbocycles. The highest BCUT2D eigenvalue weighted by Crippen LogP contribution is 2.33. The van der Waals surface area contributed by atoms with Crippen molar-refractivity contribution in [3.63, 3.8) is 0 Å². The molecular formula is C18H33NO2. The summed E-state index contributed by atoms with van der Waals surface area (Å²) in [5.74, 6) is 2.18. The van der Waals surface area contributed by atoms with Gasteiger partial charge in [-0.25, -0.2) is 0 Å². The van der Waals surface area contributed by atoms with Gasteiger partial charge in [-0.15, -0.1) is 0 Å². The first-order chi connectivity index (χ1) is 10.2. The van der Waals surface area contributed by atoms with E-state index in [0.717, 1.165) is 44.9 Å². The van der Waals surface area contributed by atoms with Crippen LogP contribution in [0.2, 0.25) is 0 Å². The summed E-state index contributed by atoms with van der Waals surface area (Å²) in [7, 11) is 1.76. The molecule has 1 aliphatic carbocycles. The largest absolute Gasteiger partial charge is 0.384 e. The van der Waals surface area contributed by atoms with E-state index < -0.39 is 0 Å².